The van der Waals surface area contributed by atoms with Crippen molar-refractivity contribution in [2.24, 2.45) is 0 Å². The Morgan fingerprint density at radius 3 is 2.64 bits per heavy atom. The van der Waals surface area contributed by atoms with Gasteiger partial charge in [0.25, 0.3) is 0 Å². The van der Waals surface area contributed by atoms with Gasteiger partial charge in [-0.15, -0.1) is 0 Å². The van der Waals surface area contributed by atoms with E-state index in [0.29, 0.717) is 13.0 Å². The van der Waals surface area contributed by atoms with Crippen LogP contribution in [0.1, 0.15) is 38.2 Å². The summed E-state index contributed by atoms with van der Waals surface area (Å²) in [7, 11) is 0. The molecule has 1 amide bonds. The summed E-state index contributed by atoms with van der Waals surface area (Å²) in [5, 5.41) is 9.25. The first-order chi connectivity index (χ1) is 10.7. The van der Waals surface area contributed by atoms with Gasteiger partial charge in [0.1, 0.15) is 5.75 Å². The molecule has 3 heteroatoms. The van der Waals surface area contributed by atoms with E-state index in [2.05, 4.69) is 13.0 Å². The van der Waals surface area contributed by atoms with Crippen molar-refractivity contribution in [3.8, 4) is 5.75 Å². The second-order valence-electron chi connectivity index (χ2n) is 5.45. The van der Waals surface area contributed by atoms with Crippen LogP contribution < -0.4 is 0 Å². The van der Waals surface area contributed by atoms with Crippen LogP contribution in [0.2, 0.25) is 0 Å². The van der Waals surface area contributed by atoms with Crippen molar-refractivity contribution in [2.75, 3.05) is 6.54 Å². The topological polar surface area (TPSA) is 40.5 Å². The van der Waals surface area contributed by atoms with Crippen LogP contribution in [-0.4, -0.2) is 22.5 Å². The Labute approximate surface area is 132 Å². The molecule has 0 saturated carbocycles. The largest absolute Gasteiger partial charge is 0.508 e. The van der Waals surface area contributed by atoms with E-state index in [-0.39, 0.29) is 11.7 Å². The van der Waals surface area contributed by atoms with Gasteiger partial charge in [-0.3, -0.25) is 4.79 Å². The van der Waals surface area contributed by atoms with Gasteiger partial charge in [0, 0.05) is 19.2 Å². The Balaban J connectivity index is 1.85. The molecule has 22 heavy (non-hydrogen) atoms. The first-order valence-corrected chi connectivity index (χ1v) is 7.84. The van der Waals surface area contributed by atoms with Crippen molar-refractivity contribution in [1.82, 2.24) is 4.90 Å². The zero-order valence-electron chi connectivity index (χ0n) is 13.0. The van der Waals surface area contributed by atoms with Crippen LogP contribution in [0, 0.1) is 0 Å². The zero-order valence-corrected chi connectivity index (χ0v) is 13.0. The third kappa shape index (κ3) is 4.92. The van der Waals surface area contributed by atoms with Crippen LogP contribution in [0.3, 0.4) is 0 Å². The number of hydrogen-bond acceptors (Lipinski definition) is 2. The predicted molar refractivity (Wildman–Crippen MR) is 90.2 cm³/mol. The van der Waals surface area contributed by atoms with Crippen LogP contribution in [0.5, 0.6) is 5.75 Å². The maximum atomic E-state index is 12.0. The molecule has 1 heterocycles. The lowest BCUT2D eigenvalue weighted by Crippen LogP contribution is -2.27. The van der Waals surface area contributed by atoms with Gasteiger partial charge < -0.3 is 10.0 Å². The van der Waals surface area contributed by atoms with Gasteiger partial charge in [-0.1, -0.05) is 50.1 Å². The van der Waals surface area contributed by atoms with E-state index < -0.39 is 0 Å². The van der Waals surface area contributed by atoms with Gasteiger partial charge in [-0.25, -0.2) is 0 Å². The Hall–Kier alpha value is -2.29. The molecular weight excluding hydrogens is 274 g/mol. The highest BCUT2D eigenvalue weighted by Crippen LogP contribution is 2.15. The fourth-order valence-electron chi connectivity index (χ4n) is 2.26. The summed E-state index contributed by atoms with van der Waals surface area (Å²) in [5.74, 6) is 0.466. The molecule has 1 aliphatic rings. The molecule has 1 N–H and O–H groups in total. The molecule has 1 aromatic carbocycles. The minimum Gasteiger partial charge on any atom is -0.508 e. The monoisotopic (exact) mass is 297 g/mol. The molecule has 0 radical (unpaired) electrons. The van der Waals surface area contributed by atoms with Crippen molar-refractivity contribution in [2.45, 2.75) is 32.6 Å². The zero-order chi connectivity index (χ0) is 15.8. The Morgan fingerprint density at radius 1 is 1.23 bits per heavy atom. The van der Waals surface area contributed by atoms with Gasteiger partial charge in [-0.2, -0.15) is 0 Å². The third-order valence-corrected chi connectivity index (χ3v) is 3.65. The van der Waals surface area contributed by atoms with E-state index in [9.17, 15) is 9.90 Å². The molecule has 0 aliphatic carbocycles. The summed E-state index contributed by atoms with van der Waals surface area (Å²) >= 11 is 0. The summed E-state index contributed by atoms with van der Waals surface area (Å²) in [6, 6.07) is 7.06. The molecule has 0 aromatic heterocycles. The number of nitrogens with zero attached hydrogens (tertiary/aromatic N) is 1. The molecule has 1 aromatic rings. The number of amides is 1. The summed E-state index contributed by atoms with van der Waals surface area (Å²) in [6.45, 7) is 2.78. The van der Waals surface area contributed by atoms with Crippen molar-refractivity contribution in [3.05, 3.63) is 59.8 Å². The number of aromatic hydroxyl groups is 1. The lowest BCUT2D eigenvalue weighted by atomic mass is 10.1. The summed E-state index contributed by atoms with van der Waals surface area (Å²) < 4.78 is 0. The number of benzene rings is 1. The summed E-state index contributed by atoms with van der Waals surface area (Å²) in [5.41, 5.74) is 2.12. The molecule has 0 fully saturated rings. The number of unbranched alkanes of at least 4 members (excludes halogenated alkanes) is 2. The summed E-state index contributed by atoms with van der Waals surface area (Å²) in [6.07, 6.45) is 13.7. The number of rotatable bonds is 6. The fourth-order valence-corrected chi connectivity index (χ4v) is 2.26. The fraction of sp³-hybridized carbons (Fsp3) is 0.316. The summed E-state index contributed by atoms with van der Waals surface area (Å²) in [4.78, 5) is 13.8. The second kappa shape index (κ2) is 8.23. The molecule has 0 unspecified atom stereocenters. The first kappa shape index (κ1) is 16.1. The van der Waals surface area contributed by atoms with Gasteiger partial charge >= 0.3 is 0 Å². The van der Waals surface area contributed by atoms with Crippen molar-refractivity contribution < 1.29 is 9.90 Å². The molecule has 0 bridgehead atoms. The molecular formula is C19H23NO2. The number of carbonyl (C=O) groups excluding carboxylic acids is 1. The number of phenols is 1. The maximum Gasteiger partial charge on any atom is 0.226 e. The Kier molecular flexibility index (Phi) is 6.01. The minimum atomic E-state index is 0.197. The van der Waals surface area contributed by atoms with Gasteiger partial charge in [0.05, 0.1) is 0 Å². The van der Waals surface area contributed by atoms with E-state index in [4.69, 9.17) is 0 Å². The number of phenolic OH excluding ortho intramolecular Hbond substituents is 1. The SMILES string of the molecule is CCCCCC(=O)N1C=CC(C=Cc2ccc(O)cc2)=CC1. The molecule has 0 saturated heterocycles. The molecule has 1 aliphatic heterocycles. The van der Waals surface area contributed by atoms with Crippen molar-refractivity contribution >= 4 is 12.0 Å². The van der Waals surface area contributed by atoms with E-state index in [1.165, 1.54) is 0 Å². The van der Waals surface area contributed by atoms with E-state index in [1.807, 2.05) is 36.6 Å². The smallest absolute Gasteiger partial charge is 0.226 e. The number of carbonyl (C=O) groups is 1. The standard InChI is InChI=1S/C19H23NO2/c1-2-3-4-5-19(22)20-14-12-17(13-15-20)7-6-16-8-10-18(21)11-9-16/h6-14,21H,2-5,15H2,1H3. The van der Waals surface area contributed by atoms with E-state index in [1.54, 1.807) is 17.0 Å². The minimum absolute atomic E-state index is 0.197. The highest BCUT2D eigenvalue weighted by Gasteiger charge is 2.11. The molecule has 2 rings (SSSR count). The Morgan fingerprint density at radius 2 is 2.00 bits per heavy atom. The van der Waals surface area contributed by atoms with Gasteiger partial charge in [0.15, 0.2) is 0 Å². The van der Waals surface area contributed by atoms with E-state index >= 15 is 0 Å². The highest BCUT2D eigenvalue weighted by molar-refractivity contribution is 5.78. The first-order valence-electron chi connectivity index (χ1n) is 7.84. The van der Waals surface area contributed by atoms with Gasteiger partial charge in [0.2, 0.25) is 5.91 Å². The highest BCUT2D eigenvalue weighted by atomic mass is 16.3. The normalized spacial score (nSPS) is 14.4. The lowest BCUT2D eigenvalue weighted by molar-refractivity contribution is -0.128. The predicted octanol–water partition coefficient (Wildman–Crippen LogP) is 4.27. The average Bonchev–Trinajstić information content (AvgIpc) is 2.55. The van der Waals surface area contributed by atoms with E-state index in [0.717, 1.165) is 30.4 Å². The van der Waals surface area contributed by atoms with Crippen molar-refractivity contribution in [1.29, 1.82) is 0 Å². The molecule has 116 valence electrons. The van der Waals surface area contributed by atoms with Crippen molar-refractivity contribution in [3.63, 3.8) is 0 Å². The lowest BCUT2D eigenvalue weighted by Gasteiger charge is -2.20. The van der Waals surface area contributed by atoms with Gasteiger partial charge in [-0.05, 0) is 35.8 Å². The third-order valence-electron chi connectivity index (χ3n) is 3.65. The number of allylic oxidation sites excluding steroid dienone is 3. The number of hydrogen-bond donors (Lipinski definition) is 1. The second-order valence-corrected chi connectivity index (χ2v) is 5.45. The van der Waals surface area contributed by atoms with Crippen LogP contribution in [0.15, 0.2) is 54.3 Å². The Bertz CT molecular complexity index is 582. The maximum absolute atomic E-state index is 12.0. The molecule has 3 nitrogen and oxygen atoms in total. The average molecular weight is 297 g/mol. The molecule has 0 spiro atoms. The van der Waals surface area contributed by atoms with Crippen LogP contribution in [0.4, 0.5) is 0 Å². The van der Waals surface area contributed by atoms with Crippen LogP contribution in [0.25, 0.3) is 6.08 Å². The molecule has 0 atom stereocenters. The van der Waals surface area contributed by atoms with Crippen LogP contribution in [-0.2, 0) is 4.79 Å². The van der Waals surface area contributed by atoms with Crippen LogP contribution >= 0.6 is 0 Å². The quantitative estimate of drug-likeness (QED) is 0.797.